The highest BCUT2D eigenvalue weighted by molar-refractivity contribution is 6.60. The van der Waals surface area contributed by atoms with E-state index in [1.165, 1.54) is 19.3 Å². The van der Waals surface area contributed by atoms with Gasteiger partial charge < -0.3 is 23.1 Å². The Kier molecular flexibility index (Phi) is 9.88. The van der Waals surface area contributed by atoms with Gasteiger partial charge in [0.25, 0.3) is 0 Å². The number of rotatable bonds is 12. The van der Waals surface area contributed by atoms with Crippen LogP contribution in [-0.4, -0.2) is 47.6 Å². The molecule has 0 heterocycles. The smallest absolute Gasteiger partial charge is 0.377 e. The minimum Gasteiger partial charge on any atom is -0.377 e. The molecule has 6 heteroatoms. The van der Waals surface area contributed by atoms with Crippen LogP contribution < -0.4 is 0 Å². The Hall–Kier alpha value is 0.0169. The zero-order chi connectivity index (χ0) is 17.2. The lowest BCUT2D eigenvalue weighted by atomic mass is 9.83. The molecular weight excluding hydrogens is 312 g/mol. The van der Waals surface area contributed by atoms with E-state index in [-0.39, 0.29) is 0 Å². The molecule has 1 fully saturated rings. The predicted octanol–water partition coefficient (Wildman–Crippen LogP) is 3.73. The van der Waals surface area contributed by atoms with E-state index in [2.05, 4.69) is 6.92 Å². The van der Waals surface area contributed by atoms with Gasteiger partial charge >= 0.3 is 8.80 Å². The second-order valence-electron chi connectivity index (χ2n) is 6.63. The van der Waals surface area contributed by atoms with Gasteiger partial charge in [-0.05, 0) is 31.6 Å². The first-order chi connectivity index (χ1) is 11.0. The fraction of sp³-hybridized carbons (Fsp3) is 1.00. The van der Waals surface area contributed by atoms with Gasteiger partial charge in [0.15, 0.2) is 5.79 Å². The van der Waals surface area contributed by atoms with E-state index in [1.54, 1.807) is 21.3 Å². The summed E-state index contributed by atoms with van der Waals surface area (Å²) in [4.78, 5) is 0. The predicted molar refractivity (Wildman–Crippen MR) is 93.2 cm³/mol. The molecule has 0 bridgehead atoms. The second-order valence-corrected chi connectivity index (χ2v) is 9.72. The fourth-order valence-electron chi connectivity index (χ4n) is 3.29. The Morgan fingerprint density at radius 1 is 1.00 bits per heavy atom. The highest BCUT2D eigenvalue weighted by atomic mass is 28.4. The molecule has 0 amide bonds. The summed E-state index contributed by atoms with van der Waals surface area (Å²) in [6.07, 6.45) is 9.17. The van der Waals surface area contributed by atoms with Crippen molar-refractivity contribution in [1.82, 2.24) is 0 Å². The molecule has 0 aromatic heterocycles. The van der Waals surface area contributed by atoms with Crippen molar-refractivity contribution in [2.75, 3.05) is 27.9 Å². The van der Waals surface area contributed by atoms with Crippen molar-refractivity contribution in [2.45, 2.75) is 76.5 Å². The zero-order valence-electron chi connectivity index (χ0n) is 15.4. The maximum Gasteiger partial charge on any atom is 0.500 e. The van der Waals surface area contributed by atoms with Crippen LogP contribution in [0.15, 0.2) is 0 Å². The minimum atomic E-state index is -2.46. The first kappa shape index (κ1) is 21.1. The lowest BCUT2D eigenvalue weighted by Gasteiger charge is -2.36. The lowest BCUT2D eigenvalue weighted by molar-refractivity contribution is -0.225. The number of aliphatic hydroxyl groups is 1. The number of hydrogen-bond acceptors (Lipinski definition) is 5. The molecule has 23 heavy (non-hydrogen) atoms. The molecule has 1 rings (SSSR count). The van der Waals surface area contributed by atoms with Gasteiger partial charge in [0.1, 0.15) is 0 Å². The van der Waals surface area contributed by atoms with Crippen LogP contribution in [0.3, 0.4) is 0 Å². The third-order valence-electron chi connectivity index (χ3n) is 5.05. The van der Waals surface area contributed by atoms with E-state index in [1.807, 2.05) is 0 Å². The lowest BCUT2D eigenvalue weighted by Crippen LogP contribution is -2.43. The molecule has 0 atom stereocenters. The van der Waals surface area contributed by atoms with E-state index in [0.29, 0.717) is 12.5 Å². The van der Waals surface area contributed by atoms with Crippen LogP contribution in [0.25, 0.3) is 0 Å². The fourth-order valence-corrected chi connectivity index (χ4v) is 5.16. The standard InChI is InChI=1S/C17H36O5Si/c1-5-6-7-8-14-22-17(18)12-9-16(10-13-17)11-15-23(19-2,20-3)21-4/h16,18H,5-15H2,1-4H3. The highest BCUT2D eigenvalue weighted by Crippen LogP contribution is 2.36. The van der Waals surface area contributed by atoms with Crippen LogP contribution in [0.2, 0.25) is 6.04 Å². The third kappa shape index (κ3) is 7.19. The molecule has 0 spiro atoms. The summed E-state index contributed by atoms with van der Waals surface area (Å²) < 4.78 is 22.2. The Bertz CT molecular complexity index is 293. The van der Waals surface area contributed by atoms with Crippen LogP contribution >= 0.6 is 0 Å². The molecular formula is C17H36O5Si. The third-order valence-corrected chi connectivity index (χ3v) is 7.81. The molecule has 138 valence electrons. The van der Waals surface area contributed by atoms with Crippen molar-refractivity contribution < 1.29 is 23.1 Å². The van der Waals surface area contributed by atoms with Crippen molar-refractivity contribution in [2.24, 2.45) is 5.92 Å². The first-order valence-corrected chi connectivity index (χ1v) is 11.0. The molecule has 0 aromatic carbocycles. The second kappa shape index (κ2) is 10.8. The summed E-state index contributed by atoms with van der Waals surface area (Å²) in [5.74, 6) is -0.313. The molecule has 0 radical (unpaired) electrons. The topological polar surface area (TPSA) is 57.2 Å². The highest BCUT2D eigenvalue weighted by Gasteiger charge is 2.40. The molecule has 0 saturated heterocycles. The molecule has 0 aliphatic heterocycles. The van der Waals surface area contributed by atoms with Gasteiger partial charge in [-0.3, -0.25) is 0 Å². The van der Waals surface area contributed by atoms with Crippen LogP contribution in [0.4, 0.5) is 0 Å². The van der Waals surface area contributed by atoms with Crippen LogP contribution in [-0.2, 0) is 18.0 Å². The van der Waals surface area contributed by atoms with Crippen molar-refractivity contribution in [3.05, 3.63) is 0 Å². The van der Waals surface area contributed by atoms with Gasteiger partial charge in [0.2, 0.25) is 0 Å². The van der Waals surface area contributed by atoms with Crippen molar-refractivity contribution in [3.8, 4) is 0 Å². The summed E-state index contributed by atoms with van der Waals surface area (Å²) in [6.45, 7) is 2.87. The van der Waals surface area contributed by atoms with Gasteiger partial charge in [-0.25, -0.2) is 0 Å². The van der Waals surface area contributed by atoms with Gasteiger partial charge in [-0.1, -0.05) is 26.2 Å². The maximum absolute atomic E-state index is 10.5. The van der Waals surface area contributed by atoms with Crippen LogP contribution in [0.1, 0.15) is 64.7 Å². The normalized spacial score (nSPS) is 25.7. The van der Waals surface area contributed by atoms with E-state index < -0.39 is 14.6 Å². The van der Waals surface area contributed by atoms with E-state index >= 15 is 0 Å². The van der Waals surface area contributed by atoms with Crippen molar-refractivity contribution in [3.63, 3.8) is 0 Å². The number of ether oxygens (including phenoxy) is 1. The average molecular weight is 349 g/mol. The summed E-state index contributed by atoms with van der Waals surface area (Å²) in [6, 6.07) is 0.831. The van der Waals surface area contributed by atoms with Crippen LogP contribution in [0.5, 0.6) is 0 Å². The van der Waals surface area contributed by atoms with Gasteiger partial charge in [-0.2, -0.15) is 0 Å². The number of hydrogen-bond donors (Lipinski definition) is 1. The molecule has 1 N–H and O–H groups in total. The molecule has 1 saturated carbocycles. The molecule has 5 nitrogen and oxygen atoms in total. The Labute approximate surface area is 143 Å². The van der Waals surface area contributed by atoms with E-state index in [9.17, 15) is 5.11 Å². The van der Waals surface area contributed by atoms with E-state index in [0.717, 1.165) is 44.6 Å². The van der Waals surface area contributed by atoms with Gasteiger partial charge in [-0.15, -0.1) is 0 Å². The Morgan fingerprint density at radius 3 is 2.13 bits per heavy atom. The van der Waals surface area contributed by atoms with E-state index in [4.69, 9.17) is 18.0 Å². The summed E-state index contributed by atoms with van der Waals surface area (Å²) in [7, 11) is 2.51. The zero-order valence-corrected chi connectivity index (χ0v) is 16.4. The van der Waals surface area contributed by atoms with Crippen LogP contribution in [0, 0.1) is 5.92 Å². The Morgan fingerprint density at radius 2 is 1.61 bits per heavy atom. The summed E-state index contributed by atoms with van der Waals surface area (Å²) in [5.41, 5.74) is 0. The largest absolute Gasteiger partial charge is 0.500 e. The quantitative estimate of drug-likeness (QED) is 0.331. The SMILES string of the molecule is CCCCCCOC1(O)CCC(CC[Si](OC)(OC)OC)CC1. The van der Waals surface area contributed by atoms with Gasteiger partial charge in [0, 0.05) is 40.2 Å². The van der Waals surface area contributed by atoms with Crippen molar-refractivity contribution >= 4 is 8.80 Å². The molecule has 0 aromatic rings. The average Bonchev–Trinajstić information content (AvgIpc) is 2.58. The molecule has 1 aliphatic rings. The molecule has 1 aliphatic carbocycles. The molecule has 0 unspecified atom stereocenters. The van der Waals surface area contributed by atoms with Gasteiger partial charge in [0.05, 0.1) is 6.61 Å². The Balaban J connectivity index is 2.26. The maximum atomic E-state index is 10.5. The minimum absolute atomic E-state index is 0.589. The summed E-state index contributed by atoms with van der Waals surface area (Å²) >= 11 is 0. The monoisotopic (exact) mass is 348 g/mol. The summed E-state index contributed by atoms with van der Waals surface area (Å²) in [5, 5.41) is 10.5. The first-order valence-electron chi connectivity index (χ1n) is 9.05. The van der Waals surface area contributed by atoms with Crippen molar-refractivity contribution in [1.29, 1.82) is 0 Å². The number of unbranched alkanes of at least 4 members (excludes halogenated alkanes) is 3.